The summed E-state index contributed by atoms with van der Waals surface area (Å²) in [6, 6.07) is 10.9. The molecule has 4 heterocycles. The Hall–Kier alpha value is -3.90. The summed E-state index contributed by atoms with van der Waals surface area (Å²) >= 11 is 5.86. The summed E-state index contributed by atoms with van der Waals surface area (Å²) in [4.78, 5) is 14.4. The third-order valence-electron chi connectivity index (χ3n) is 5.22. The van der Waals surface area contributed by atoms with Crippen molar-refractivity contribution in [1.29, 1.82) is 5.26 Å². The van der Waals surface area contributed by atoms with Gasteiger partial charge < -0.3 is 15.4 Å². The summed E-state index contributed by atoms with van der Waals surface area (Å²) in [5.41, 5.74) is 8.41. The maximum atomic E-state index is 9.19. The molecule has 0 spiro atoms. The molecular weight excluding hydrogens is 416 g/mol. The highest BCUT2D eigenvalue weighted by atomic mass is 35.5. The van der Waals surface area contributed by atoms with E-state index in [0.717, 1.165) is 12.0 Å². The number of rotatable bonds is 4. The van der Waals surface area contributed by atoms with Crippen LogP contribution in [-0.4, -0.2) is 42.7 Å². The summed E-state index contributed by atoms with van der Waals surface area (Å²) in [5, 5.41) is 15.3. The van der Waals surface area contributed by atoms with Gasteiger partial charge in [-0.2, -0.15) is 10.4 Å². The molecule has 1 atom stereocenters. The van der Waals surface area contributed by atoms with Crippen molar-refractivity contribution in [1.82, 2.24) is 29.6 Å². The molecule has 0 saturated carbocycles. The Labute approximate surface area is 182 Å². The normalized spacial score (nSPS) is 15.9. The van der Waals surface area contributed by atoms with Crippen LogP contribution in [-0.2, 0) is 0 Å². The average Bonchev–Trinajstić information content (AvgIpc) is 3.41. The van der Waals surface area contributed by atoms with Crippen molar-refractivity contribution in [2.24, 2.45) is 0 Å². The molecule has 1 unspecified atom stereocenters. The number of nitrogens with two attached hydrogens (primary N) is 1. The molecule has 10 heteroatoms. The molecule has 0 radical (unpaired) electrons. The molecule has 3 aromatic heterocycles. The van der Waals surface area contributed by atoms with Gasteiger partial charge in [-0.05, 0) is 36.8 Å². The molecule has 9 nitrogen and oxygen atoms in total. The van der Waals surface area contributed by atoms with Crippen molar-refractivity contribution < 1.29 is 4.74 Å². The van der Waals surface area contributed by atoms with E-state index in [0.29, 0.717) is 52.3 Å². The van der Waals surface area contributed by atoms with Gasteiger partial charge in [0, 0.05) is 24.4 Å². The van der Waals surface area contributed by atoms with Gasteiger partial charge in [0.25, 0.3) is 0 Å². The van der Waals surface area contributed by atoms with Crippen LogP contribution in [0.25, 0.3) is 22.3 Å². The lowest BCUT2D eigenvalue weighted by atomic mass is 10.1. The molecule has 0 aliphatic carbocycles. The van der Waals surface area contributed by atoms with Gasteiger partial charge in [-0.1, -0.05) is 11.6 Å². The van der Waals surface area contributed by atoms with Crippen molar-refractivity contribution >= 4 is 28.5 Å². The van der Waals surface area contributed by atoms with Crippen LogP contribution in [0, 0.1) is 11.5 Å². The summed E-state index contributed by atoms with van der Waals surface area (Å²) in [5.74, 6) is 1.45. The van der Waals surface area contributed by atoms with E-state index in [4.69, 9.17) is 27.2 Å². The van der Waals surface area contributed by atoms with Gasteiger partial charge in [0.15, 0.2) is 11.8 Å². The molecule has 1 aliphatic heterocycles. The van der Waals surface area contributed by atoms with Crippen LogP contribution in [0.1, 0.15) is 12.5 Å². The van der Waals surface area contributed by atoms with Gasteiger partial charge in [0.2, 0.25) is 5.88 Å². The Kier molecular flexibility index (Phi) is 4.76. The van der Waals surface area contributed by atoms with Crippen molar-refractivity contribution in [2.75, 3.05) is 18.8 Å². The van der Waals surface area contributed by atoms with Crippen LogP contribution in [0.2, 0.25) is 5.02 Å². The number of nitriles is 1. The van der Waals surface area contributed by atoms with Crippen LogP contribution in [0.3, 0.4) is 0 Å². The number of hydrogen-bond donors (Lipinski definition) is 1. The second-order valence-corrected chi connectivity index (χ2v) is 7.62. The highest BCUT2D eigenvalue weighted by Gasteiger charge is 2.28. The molecule has 0 amide bonds. The molecular formula is C21H17ClN8O. The Bertz CT molecular complexity index is 1280. The highest BCUT2D eigenvalue weighted by Crippen LogP contribution is 2.34. The standard InChI is InChI=1S/C21H17ClN8O/c22-14-3-6-17(25-9-14)31-16-4-1-13(2-5-16)19-18-20(24)26-12-27-21(18)30(28-19)15-7-8-29(10-15)11-23/h1-6,9,12,15H,7-8,10H2,(H2,24,26,27). The van der Waals surface area contributed by atoms with Crippen molar-refractivity contribution in [2.45, 2.75) is 12.5 Å². The minimum absolute atomic E-state index is 0.0452. The van der Waals surface area contributed by atoms with E-state index in [1.54, 1.807) is 17.0 Å². The molecule has 1 aliphatic rings. The first-order valence-corrected chi connectivity index (χ1v) is 10.0. The van der Waals surface area contributed by atoms with Crippen LogP contribution in [0.4, 0.5) is 5.82 Å². The van der Waals surface area contributed by atoms with Crippen LogP contribution in [0.5, 0.6) is 11.6 Å². The van der Waals surface area contributed by atoms with E-state index >= 15 is 0 Å². The number of pyridine rings is 1. The van der Waals surface area contributed by atoms with E-state index in [1.807, 2.05) is 28.9 Å². The number of halogens is 1. The molecule has 154 valence electrons. The first-order valence-electron chi connectivity index (χ1n) is 9.65. The van der Waals surface area contributed by atoms with Crippen LogP contribution < -0.4 is 10.5 Å². The minimum Gasteiger partial charge on any atom is -0.439 e. The van der Waals surface area contributed by atoms with Gasteiger partial charge >= 0.3 is 0 Å². The fourth-order valence-electron chi connectivity index (χ4n) is 3.71. The second-order valence-electron chi connectivity index (χ2n) is 7.18. The van der Waals surface area contributed by atoms with Crippen molar-refractivity contribution in [3.05, 3.63) is 53.9 Å². The maximum absolute atomic E-state index is 9.19. The van der Waals surface area contributed by atoms with Gasteiger partial charge in [-0.15, -0.1) is 0 Å². The summed E-state index contributed by atoms with van der Waals surface area (Å²) in [6.07, 6.45) is 5.98. The number of benzene rings is 1. The summed E-state index contributed by atoms with van der Waals surface area (Å²) in [6.45, 7) is 1.29. The largest absolute Gasteiger partial charge is 0.439 e. The molecule has 31 heavy (non-hydrogen) atoms. The molecule has 5 rings (SSSR count). The van der Waals surface area contributed by atoms with Crippen molar-refractivity contribution in [3.8, 4) is 29.1 Å². The number of nitrogen functional groups attached to an aromatic ring is 1. The molecule has 1 saturated heterocycles. The maximum Gasteiger partial charge on any atom is 0.219 e. The Morgan fingerprint density at radius 3 is 2.68 bits per heavy atom. The zero-order chi connectivity index (χ0) is 21.4. The Morgan fingerprint density at radius 1 is 1.13 bits per heavy atom. The fraction of sp³-hybridized carbons (Fsp3) is 0.190. The molecule has 0 bridgehead atoms. The molecule has 1 fully saturated rings. The van der Waals surface area contributed by atoms with E-state index in [2.05, 4.69) is 21.1 Å². The third-order valence-corrected chi connectivity index (χ3v) is 5.44. The third kappa shape index (κ3) is 3.58. The fourth-order valence-corrected chi connectivity index (χ4v) is 3.82. The number of ether oxygens (including phenoxy) is 1. The Balaban J connectivity index is 1.50. The first-order chi connectivity index (χ1) is 15.1. The molecule has 2 N–H and O–H groups in total. The number of nitrogens with zero attached hydrogens (tertiary/aromatic N) is 7. The van der Waals surface area contributed by atoms with Gasteiger partial charge in [0.1, 0.15) is 23.6 Å². The SMILES string of the molecule is N#CN1CCC(n2nc(-c3ccc(Oc4ccc(Cl)cn4)cc3)c3c(N)ncnc32)C1. The number of likely N-dealkylation sites (tertiary alicyclic amines) is 1. The molecule has 1 aromatic carbocycles. The lowest BCUT2D eigenvalue weighted by Crippen LogP contribution is -2.17. The van der Waals surface area contributed by atoms with Gasteiger partial charge in [-0.25, -0.2) is 19.6 Å². The lowest BCUT2D eigenvalue weighted by molar-refractivity contribution is 0.433. The highest BCUT2D eigenvalue weighted by molar-refractivity contribution is 6.30. The van der Waals surface area contributed by atoms with Crippen molar-refractivity contribution in [3.63, 3.8) is 0 Å². The zero-order valence-electron chi connectivity index (χ0n) is 16.3. The van der Waals surface area contributed by atoms with Crippen LogP contribution in [0.15, 0.2) is 48.9 Å². The Morgan fingerprint density at radius 2 is 1.97 bits per heavy atom. The van der Waals surface area contributed by atoms with Gasteiger partial charge in [0.05, 0.1) is 23.0 Å². The minimum atomic E-state index is 0.0452. The predicted molar refractivity (Wildman–Crippen MR) is 115 cm³/mol. The second kappa shape index (κ2) is 7.74. The van der Waals surface area contributed by atoms with E-state index in [1.165, 1.54) is 12.5 Å². The number of fused-ring (bicyclic) bond motifs is 1. The average molecular weight is 433 g/mol. The van der Waals surface area contributed by atoms with E-state index in [-0.39, 0.29) is 6.04 Å². The van der Waals surface area contributed by atoms with E-state index in [9.17, 15) is 5.26 Å². The monoisotopic (exact) mass is 432 g/mol. The number of hydrogen-bond acceptors (Lipinski definition) is 8. The number of anilines is 1. The predicted octanol–water partition coefficient (Wildman–Crippen LogP) is 3.64. The zero-order valence-corrected chi connectivity index (χ0v) is 17.1. The number of aromatic nitrogens is 5. The topological polar surface area (TPSA) is 119 Å². The lowest BCUT2D eigenvalue weighted by Gasteiger charge is -2.11. The van der Waals surface area contributed by atoms with E-state index < -0.39 is 0 Å². The summed E-state index contributed by atoms with van der Waals surface area (Å²) in [7, 11) is 0. The van der Waals surface area contributed by atoms with Crippen LogP contribution >= 0.6 is 11.6 Å². The molecule has 4 aromatic rings. The summed E-state index contributed by atoms with van der Waals surface area (Å²) < 4.78 is 7.63. The quantitative estimate of drug-likeness (QED) is 0.485. The smallest absolute Gasteiger partial charge is 0.219 e. The van der Waals surface area contributed by atoms with Gasteiger partial charge in [-0.3, -0.25) is 0 Å². The first kappa shape index (κ1) is 19.1.